The second kappa shape index (κ2) is 13.2. The molecule has 0 aromatic heterocycles. The molecule has 0 radical (unpaired) electrons. The van der Waals surface area contributed by atoms with E-state index >= 15 is 0 Å². The third kappa shape index (κ3) is 5.31. The van der Waals surface area contributed by atoms with E-state index in [0.29, 0.717) is 64.8 Å². The molecule has 3 aliphatic rings. The molecule has 3 fully saturated rings. The predicted octanol–water partition coefficient (Wildman–Crippen LogP) is 3.54. The number of amides is 3. The topological polar surface area (TPSA) is 90.4 Å². The number of carbonyl (C=O) groups excluding carboxylic acids is 3. The standard InChI is InChI=1S/C30H49N3O5/c1-6-11-20-32(19-9-4)28(37)25-30-16-15-29(10-5,38-30)23(26(35)31(17-7-2)18-8-3)24(30)27(36)33(25)21-13-12-14-22-34/h7,9,23-25,34H,2,4,6,8,10-22H2,1,3,5H3/t23-,24+,25?,29+,30?/m1/s1. The van der Waals surface area contributed by atoms with Gasteiger partial charge in [-0.25, -0.2) is 0 Å². The number of likely N-dealkylation sites (tertiary alicyclic amines) is 1. The van der Waals surface area contributed by atoms with Crippen molar-refractivity contribution in [1.29, 1.82) is 0 Å². The van der Waals surface area contributed by atoms with Crippen LogP contribution in [0, 0.1) is 11.8 Å². The fourth-order valence-corrected chi connectivity index (χ4v) is 7.07. The highest BCUT2D eigenvalue weighted by Gasteiger charge is 2.78. The molecule has 0 aliphatic carbocycles. The number of hydrogen-bond donors (Lipinski definition) is 1. The van der Waals surface area contributed by atoms with E-state index in [9.17, 15) is 19.5 Å². The minimum atomic E-state index is -1.00. The van der Waals surface area contributed by atoms with Gasteiger partial charge < -0.3 is 24.5 Å². The summed E-state index contributed by atoms with van der Waals surface area (Å²) >= 11 is 0. The zero-order valence-corrected chi connectivity index (χ0v) is 23.8. The maximum absolute atomic E-state index is 14.3. The van der Waals surface area contributed by atoms with Crippen LogP contribution in [0.15, 0.2) is 25.3 Å². The van der Waals surface area contributed by atoms with Crippen LogP contribution >= 0.6 is 0 Å². The Bertz CT molecular complexity index is 878. The molecule has 3 aliphatic heterocycles. The summed E-state index contributed by atoms with van der Waals surface area (Å²) in [6.07, 6.45) is 10.1. The van der Waals surface area contributed by atoms with Crippen LogP contribution in [0.3, 0.4) is 0 Å². The van der Waals surface area contributed by atoms with Crippen LogP contribution < -0.4 is 0 Å². The number of aliphatic hydroxyl groups excluding tert-OH is 1. The van der Waals surface area contributed by atoms with E-state index in [0.717, 1.165) is 25.7 Å². The maximum atomic E-state index is 14.3. The second-order valence-corrected chi connectivity index (χ2v) is 11.1. The molecule has 5 atom stereocenters. The molecular formula is C30H49N3O5. The Balaban J connectivity index is 2.06. The van der Waals surface area contributed by atoms with Gasteiger partial charge in [-0.1, -0.05) is 39.3 Å². The van der Waals surface area contributed by atoms with E-state index in [4.69, 9.17) is 4.74 Å². The minimum Gasteiger partial charge on any atom is -0.396 e. The lowest BCUT2D eigenvalue weighted by atomic mass is 9.64. The Labute approximate surface area is 229 Å². The molecule has 1 spiro atoms. The molecule has 0 saturated carbocycles. The van der Waals surface area contributed by atoms with Crippen molar-refractivity contribution in [2.75, 3.05) is 39.3 Å². The molecule has 3 amide bonds. The van der Waals surface area contributed by atoms with Crippen molar-refractivity contribution < 1.29 is 24.2 Å². The Kier molecular flexibility index (Phi) is 10.6. The van der Waals surface area contributed by atoms with Crippen LogP contribution in [-0.4, -0.2) is 94.1 Å². The Morgan fingerprint density at radius 2 is 1.68 bits per heavy atom. The average molecular weight is 532 g/mol. The smallest absolute Gasteiger partial charge is 0.248 e. The summed E-state index contributed by atoms with van der Waals surface area (Å²) in [5, 5.41) is 9.25. The molecule has 3 heterocycles. The normalized spacial score (nSPS) is 29.4. The number of ether oxygens (including phenoxy) is 1. The van der Waals surface area contributed by atoms with Gasteiger partial charge in [-0.15, -0.1) is 13.2 Å². The summed E-state index contributed by atoms with van der Waals surface area (Å²) in [7, 11) is 0. The van der Waals surface area contributed by atoms with Crippen molar-refractivity contribution in [3.8, 4) is 0 Å². The Hall–Kier alpha value is -2.19. The van der Waals surface area contributed by atoms with Crippen molar-refractivity contribution in [3.63, 3.8) is 0 Å². The van der Waals surface area contributed by atoms with Gasteiger partial charge in [-0.05, 0) is 51.4 Å². The van der Waals surface area contributed by atoms with Gasteiger partial charge >= 0.3 is 0 Å². The largest absolute Gasteiger partial charge is 0.396 e. The van der Waals surface area contributed by atoms with Gasteiger partial charge in [-0.2, -0.15) is 0 Å². The average Bonchev–Trinajstić information content (AvgIpc) is 3.52. The second-order valence-electron chi connectivity index (χ2n) is 11.1. The lowest BCUT2D eigenvalue weighted by Crippen LogP contribution is -2.56. The van der Waals surface area contributed by atoms with Crippen LogP contribution in [-0.2, 0) is 19.1 Å². The lowest BCUT2D eigenvalue weighted by Gasteiger charge is -2.37. The zero-order chi connectivity index (χ0) is 27.9. The third-order valence-corrected chi connectivity index (χ3v) is 8.84. The first-order valence-electron chi connectivity index (χ1n) is 14.7. The van der Waals surface area contributed by atoms with Crippen molar-refractivity contribution in [1.82, 2.24) is 14.7 Å². The summed E-state index contributed by atoms with van der Waals surface area (Å²) in [4.78, 5) is 48.0. The summed E-state index contributed by atoms with van der Waals surface area (Å²) in [6, 6.07) is -0.754. The molecule has 3 rings (SSSR count). The zero-order valence-electron chi connectivity index (χ0n) is 23.8. The van der Waals surface area contributed by atoms with Crippen molar-refractivity contribution >= 4 is 17.7 Å². The highest BCUT2D eigenvalue weighted by atomic mass is 16.5. The van der Waals surface area contributed by atoms with E-state index < -0.39 is 29.1 Å². The van der Waals surface area contributed by atoms with Crippen LogP contribution in [0.1, 0.15) is 78.6 Å². The number of aliphatic hydroxyl groups is 1. The fraction of sp³-hybridized carbons (Fsp3) is 0.767. The van der Waals surface area contributed by atoms with Crippen LogP contribution in [0.4, 0.5) is 0 Å². The summed E-state index contributed by atoms with van der Waals surface area (Å²) in [5.41, 5.74) is -1.74. The van der Waals surface area contributed by atoms with Crippen molar-refractivity contribution in [3.05, 3.63) is 25.3 Å². The number of hydrogen-bond acceptors (Lipinski definition) is 5. The summed E-state index contributed by atoms with van der Waals surface area (Å²) < 4.78 is 6.91. The maximum Gasteiger partial charge on any atom is 0.248 e. The first-order valence-corrected chi connectivity index (χ1v) is 14.7. The molecule has 38 heavy (non-hydrogen) atoms. The molecular weight excluding hydrogens is 482 g/mol. The van der Waals surface area contributed by atoms with Crippen molar-refractivity contribution in [2.45, 2.75) is 95.8 Å². The van der Waals surface area contributed by atoms with Crippen molar-refractivity contribution in [2.24, 2.45) is 11.8 Å². The third-order valence-electron chi connectivity index (χ3n) is 8.84. The lowest BCUT2D eigenvalue weighted by molar-refractivity contribution is -0.155. The number of carbonyl (C=O) groups is 3. The molecule has 0 aromatic rings. The van der Waals surface area contributed by atoms with E-state index in [1.54, 1.807) is 26.9 Å². The van der Waals surface area contributed by atoms with E-state index in [1.807, 2.05) is 13.8 Å². The molecule has 1 N–H and O–H groups in total. The van der Waals surface area contributed by atoms with Gasteiger partial charge in [0, 0.05) is 39.3 Å². The quantitative estimate of drug-likeness (QED) is 0.229. The molecule has 8 nitrogen and oxygen atoms in total. The van der Waals surface area contributed by atoms with Crippen LogP contribution in [0.25, 0.3) is 0 Å². The van der Waals surface area contributed by atoms with Gasteiger partial charge in [0.2, 0.25) is 17.7 Å². The first-order chi connectivity index (χ1) is 18.3. The molecule has 214 valence electrons. The molecule has 0 aromatic carbocycles. The molecule has 3 saturated heterocycles. The molecule has 8 heteroatoms. The number of fused-ring (bicyclic) bond motifs is 1. The van der Waals surface area contributed by atoms with E-state index in [1.165, 1.54) is 0 Å². The summed E-state index contributed by atoms with van der Waals surface area (Å²) in [5.74, 6) is -1.58. The first kappa shape index (κ1) is 30.4. The Morgan fingerprint density at radius 1 is 1.00 bits per heavy atom. The van der Waals surface area contributed by atoms with Gasteiger partial charge in [0.1, 0.15) is 11.6 Å². The highest BCUT2D eigenvalue weighted by molar-refractivity contribution is 5.99. The van der Waals surface area contributed by atoms with Crippen LogP contribution in [0.5, 0.6) is 0 Å². The molecule has 2 unspecified atom stereocenters. The highest BCUT2D eigenvalue weighted by Crippen LogP contribution is 2.64. The summed E-state index contributed by atoms with van der Waals surface area (Å²) in [6.45, 7) is 16.4. The molecule has 2 bridgehead atoms. The van der Waals surface area contributed by atoms with Gasteiger partial charge in [-0.3, -0.25) is 14.4 Å². The fourth-order valence-electron chi connectivity index (χ4n) is 7.07. The minimum absolute atomic E-state index is 0.0595. The SMILES string of the molecule is C=CCN(CCCC)C(=O)C1N(CCCCCO)C(=O)[C@@H]2[C@H](C(=O)N(CC=C)CCC)[C@]3(CC)CCC12O3. The van der Waals surface area contributed by atoms with Gasteiger partial charge in [0.25, 0.3) is 0 Å². The predicted molar refractivity (Wildman–Crippen MR) is 148 cm³/mol. The number of rotatable bonds is 17. The Morgan fingerprint density at radius 3 is 2.26 bits per heavy atom. The van der Waals surface area contributed by atoms with Crippen LogP contribution in [0.2, 0.25) is 0 Å². The number of nitrogens with zero attached hydrogens (tertiary/aromatic N) is 3. The van der Waals surface area contributed by atoms with Gasteiger partial charge in [0.15, 0.2) is 0 Å². The van der Waals surface area contributed by atoms with Gasteiger partial charge in [0.05, 0.1) is 17.4 Å². The van der Waals surface area contributed by atoms with E-state index in [-0.39, 0.29) is 24.3 Å². The monoisotopic (exact) mass is 531 g/mol. The van der Waals surface area contributed by atoms with E-state index in [2.05, 4.69) is 20.1 Å². The number of unbranched alkanes of at least 4 members (excludes halogenated alkanes) is 3.